The van der Waals surface area contributed by atoms with Crippen LogP contribution in [-0.4, -0.2) is 44.8 Å². The molecular weight excluding hydrogens is 318 g/mol. The molecule has 2 atom stereocenters. The van der Waals surface area contributed by atoms with Crippen molar-refractivity contribution in [2.24, 2.45) is 0 Å². The number of aryl methyl sites for hydroxylation is 1. The van der Waals surface area contributed by atoms with E-state index in [0.717, 1.165) is 42.5 Å². The number of hydrogen-bond donors (Lipinski definition) is 1. The molecular formula is C18H23N5O2. The van der Waals surface area contributed by atoms with E-state index in [4.69, 9.17) is 4.74 Å². The number of nitrogens with zero attached hydrogens (tertiary/aromatic N) is 4. The molecule has 0 fully saturated rings. The summed E-state index contributed by atoms with van der Waals surface area (Å²) in [5.41, 5.74) is 1.06. The van der Waals surface area contributed by atoms with Crippen molar-refractivity contribution >= 4 is 5.91 Å². The van der Waals surface area contributed by atoms with Crippen LogP contribution in [0.2, 0.25) is 0 Å². The van der Waals surface area contributed by atoms with Gasteiger partial charge in [0, 0.05) is 25.1 Å². The molecule has 1 aromatic carbocycles. The predicted octanol–water partition coefficient (Wildman–Crippen LogP) is 1.43. The molecule has 0 unspecified atom stereocenters. The summed E-state index contributed by atoms with van der Waals surface area (Å²) >= 11 is 0. The third-order valence-corrected chi connectivity index (χ3v) is 5.17. The number of carbonyl (C=O) groups is 1. The van der Waals surface area contributed by atoms with Gasteiger partial charge in [0.1, 0.15) is 17.4 Å². The smallest absolute Gasteiger partial charge is 0.237 e. The number of rotatable bonds is 3. The zero-order valence-electron chi connectivity index (χ0n) is 14.6. The van der Waals surface area contributed by atoms with Crippen LogP contribution in [0.1, 0.15) is 36.6 Å². The Morgan fingerprint density at radius 3 is 3.04 bits per heavy atom. The van der Waals surface area contributed by atoms with E-state index in [1.54, 1.807) is 0 Å². The van der Waals surface area contributed by atoms with Gasteiger partial charge in [-0.05, 0) is 19.9 Å². The van der Waals surface area contributed by atoms with Crippen LogP contribution in [-0.2, 0) is 17.9 Å². The largest absolute Gasteiger partial charge is 0.493 e. The maximum absolute atomic E-state index is 12.8. The highest BCUT2D eigenvalue weighted by molar-refractivity contribution is 5.81. The van der Waals surface area contributed by atoms with Crippen molar-refractivity contribution in [1.82, 2.24) is 25.0 Å². The molecule has 7 nitrogen and oxygen atoms in total. The molecule has 0 radical (unpaired) electrons. The summed E-state index contributed by atoms with van der Waals surface area (Å²) in [5.74, 6) is 2.78. The number of ether oxygens (including phenoxy) is 1. The molecule has 4 rings (SSSR count). The maximum atomic E-state index is 12.8. The quantitative estimate of drug-likeness (QED) is 0.914. The number of fused-ring (bicyclic) bond motifs is 2. The minimum Gasteiger partial charge on any atom is -0.493 e. The Hall–Kier alpha value is -2.41. The van der Waals surface area contributed by atoms with Gasteiger partial charge in [-0.2, -0.15) is 0 Å². The average Bonchev–Trinajstić information content (AvgIpc) is 3.02. The van der Waals surface area contributed by atoms with Gasteiger partial charge in [0.05, 0.1) is 25.2 Å². The Bertz CT molecular complexity index is 788. The highest BCUT2D eigenvalue weighted by Crippen LogP contribution is 2.31. The van der Waals surface area contributed by atoms with Crippen LogP contribution in [0.4, 0.5) is 0 Å². The van der Waals surface area contributed by atoms with E-state index < -0.39 is 0 Å². The summed E-state index contributed by atoms with van der Waals surface area (Å²) in [6.45, 7) is 6.85. The van der Waals surface area contributed by atoms with Crippen molar-refractivity contribution < 1.29 is 9.53 Å². The van der Waals surface area contributed by atoms with Crippen LogP contribution in [0, 0.1) is 6.92 Å². The molecule has 0 spiro atoms. The van der Waals surface area contributed by atoms with Gasteiger partial charge < -0.3 is 14.6 Å². The zero-order chi connectivity index (χ0) is 17.4. The minimum absolute atomic E-state index is 0.00980. The van der Waals surface area contributed by atoms with E-state index in [1.165, 1.54) is 0 Å². The van der Waals surface area contributed by atoms with Gasteiger partial charge in [0.15, 0.2) is 0 Å². The Morgan fingerprint density at radius 2 is 2.16 bits per heavy atom. The van der Waals surface area contributed by atoms with Crippen LogP contribution >= 0.6 is 0 Å². The third kappa shape index (κ3) is 3.00. The molecule has 1 aromatic heterocycles. The normalized spacial score (nSPS) is 21.0. The number of carbonyl (C=O) groups excluding carboxylic acids is 1. The second-order valence-electron chi connectivity index (χ2n) is 6.70. The van der Waals surface area contributed by atoms with Crippen molar-refractivity contribution in [2.75, 3.05) is 13.2 Å². The van der Waals surface area contributed by atoms with Gasteiger partial charge in [-0.25, -0.2) is 0 Å². The summed E-state index contributed by atoms with van der Waals surface area (Å²) in [6.07, 6.45) is 0.795. The molecule has 2 aliphatic rings. The van der Waals surface area contributed by atoms with Gasteiger partial charge >= 0.3 is 0 Å². The minimum atomic E-state index is -0.208. The monoisotopic (exact) mass is 341 g/mol. The van der Waals surface area contributed by atoms with Crippen LogP contribution in [0.5, 0.6) is 5.75 Å². The maximum Gasteiger partial charge on any atom is 0.237 e. The first-order chi connectivity index (χ1) is 12.1. The molecule has 0 bridgehead atoms. The molecule has 0 saturated carbocycles. The first kappa shape index (κ1) is 16.1. The van der Waals surface area contributed by atoms with Crippen molar-refractivity contribution in [2.45, 2.75) is 45.4 Å². The molecule has 1 amide bonds. The van der Waals surface area contributed by atoms with E-state index in [-0.39, 0.29) is 18.0 Å². The van der Waals surface area contributed by atoms with Gasteiger partial charge in [-0.1, -0.05) is 18.2 Å². The van der Waals surface area contributed by atoms with Crippen molar-refractivity contribution in [3.05, 3.63) is 41.5 Å². The third-order valence-electron chi connectivity index (χ3n) is 5.17. The highest BCUT2D eigenvalue weighted by atomic mass is 16.5. The SMILES string of the molecule is Cc1nnc2n1CCN([C@@H](C)C(=O)N[C@H]1CCOc3ccccc31)C2. The summed E-state index contributed by atoms with van der Waals surface area (Å²) in [4.78, 5) is 15.0. The molecule has 7 heteroatoms. The lowest BCUT2D eigenvalue weighted by atomic mass is 10.00. The van der Waals surface area contributed by atoms with Crippen molar-refractivity contribution in [1.29, 1.82) is 0 Å². The Morgan fingerprint density at radius 1 is 1.32 bits per heavy atom. The molecule has 0 saturated heterocycles. The lowest BCUT2D eigenvalue weighted by Gasteiger charge is -2.33. The van der Waals surface area contributed by atoms with Crippen molar-refractivity contribution in [3.8, 4) is 5.75 Å². The fourth-order valence-electron chi connectivity index (χ4n) is 3.60. The fraction of sp³-hybridized carbons (Fsp3) is 0.500. The molecule has 3 heterocycles. The van der Waals surface area contributed by atoms with Gasteiger partial charge in [-0.15, -0.1) is 10.2 Å². The second kappa shape index (κ2) is 6.48. The first-order valence-electron chi connectivity index (χ1n) is 8.78. The lowest BCUT2D eigenvalue weighted by Crippen LogP contribution is -2.49. The molecule has 2 aromatic rings. The van der Waals surface area contributed by atoms with Crippen LogP contribution < -0.4 is 10.1 Å². The van der Waals surface area contributed by atoms with E-state index in [1.807, 2.05) is 38.1 Å². The molecule has 0 aliphatic carbocycles. The second-order valence-corrected chi connectivity index (χ2v) is 6.70. The number of amides is 1. The Labute approximate surface area is 147 Å². The molecule has 132 valence electrons. The first-order valence-corrected chi connectivity index (χ1v) is 8.78. The predicted molar refractivity (Wildman–Crippen MR) is 92.1 cm³/mol. The van der Waals surface area contributed by atoms with Crippen LogP contribution in [0.15, 0.2) is 24.3 Å². The standard InChI is InChI=1S/C18H23N5O2/c1-12(22-8-9-23-13(2)20-21-17(23)11-22)18(24)19-15-7-10-25-16-6-4-3-5-14(15)16/h3-6,12,15H,7-11H2,1-2H3,(H,19,24)/t12-,15-/m0/s1. The van der Waals surface area contributed by atoms with E-state index in [2.05, 4.69) is 25.0 Å². The number of para-hydroxylation sites is 1. The summed E-state index contributed by atoms with van der Waals surface area (Å²) < 4.78 is 7.79. The number of hydrogen-bond acceptors (Lipinski definition) is 5. The molecule has 2 aliphatic heterocycles. The number of nitrogens with one attached hydrogen (secondary N) is 1. The fourth-order valence-corrected chi connectivity index (χ4v) is 3.60. The summed E-state index contributed by atoms with van der Waals surface area (Å²) in [5, 5.41) is 11.5. The zero-order valence-corrected chi connectivity index (χ0v) is 14.6. The average molecular weight is 341 g/mol. The van der Waals surface area contributed by atoms with E-state index in [9.17, 15) is 4.79 Å². The molecule has 1 N–H and O–H groups in total. The Balaban J connectivity index is 1.44. The molecule has 25 heavy (non-hydrogen) atoms. The topological polar surface area (TPSA) is 72.3 Å². The van der Waals surface area contributed by atoms with Crippen LogP contribution in [0.25, 0.3) is 0 Å². The van der Waals surface area contributed by atoms with Crippen LogP contribution in [0.3, 0.4) is 0 Å². The highest BCUT2D eigenvalue weighted by Gasteiger charge is 2.30. The summed E-state index contributed by atoms with van der Waals surface area (Å²) in [7, 11) is 0. The van der Waals surface area contributed by atoms with E-state index >= 15 is 0 Å². The van der Waals surface area contributed by atoms with Gasteiger partial charge in [0.25, 0.3) is 0 Å². The van der Waals surface area contributed by atoms with E-state index in [0.29, 0.717) is 13.2 Å². The number of aromatic nitrogens is 3. The van der Waals surface area contributed by atoms with Gasteiger partial charge in [0.2, 0.25) is 5.91 Å². The summed E-state index contributed by atoms with van der Waals surface area (Å²) in [6, 6.07) is 7.72. The Kier molecular flexibility index (Phi) is 4.17. The number of benzene rings is 1. The lowest BCUT2D eigenvalue weighted by molar-refractivity contribution is -0.127. The van der Waals surface area contributed by atoms with Gasteiger partial charge in [-0.3, -0.25) is 9.69 Å². The van der Waals surface area contributed by atoms with Crippen molar-refractivity contribution in [3.63, 3.8) is 0 Å².